The molecule has 0 amide bonds. The van der Waals surface area contributed by atoms with E-state index >= 15 is 0 Å². The Hall–Kier alpha value is -1.52. The number of aliphatic hydroxyl groups excluding tert-OH is 1. The Morgan fingerprint density at radius 3 is 2.94 bits per heavy atom. The van der Waals surface area contributed by atoms with E-state index in [2.05, 4.69) is 6.58 Å². The molecule has 0 radical (unpaired) electrons. The van der Waals surface area contributed by atoms with Crippen molar-refractivity contribution in [3.63, 3.8) is 0 Å². The van der Waals surface area contributed by atoms with Gasteiger partial charge in [0.2, 0.25) is 6.79 Å². The molecule has 1 aromatic carbocycles. The van der Waals surface area contributed by atoms with Gasteiger partial charge in [0.05, 0.1) is 19.3 Å². The summed E-state index contributed by atoms with van der Waals surface area (Å²) in [5.74, 6) is 1.46. The average molecular weight is 234 g/mol. The van der Waals surface area contributed by atoms with Crippen molar-refractivity contribution in [2.75, 3.05) is 20.0 Å². The predicted octanol–water partition coefficient (Wildman–Crippen LogP) is 1.65. The molecule has 90 valence electrons. The van der Waals surface area contributed by atoms with Crippen LogP contribution in [0.3, 0.4) is 0 Å². The molecule has 2 aliphatic rings. The number of hydrogen-bond acceptors (Lipinski definition) is 4. The van der Waals surface area contributed by atoms with E-state index in [1.807, 2.05) is 18.2 Å². The van der Waals surface area contributed by atoms with E-state index in [0.29, 0.717) is 6.61 Å². The Morgan fingerprint density at radius 1 is 1.29 bits per heavy atom. The third-order valence-corrected chi connectivity index (χ3v) is 3.26. The Balaban J connectivity index is 1.91. The van der Waals surface area contributed by atoms with E-state index < -0.39 is 0 Å². The van der Waals surface area contributed by atoms with Gasteiger partial charge in [-0.1, -0.05) is 12.6 Å². The third-order valence-electron chi connectivity index (χ3n) is 3.26. The van der Waals surface area contributed by atoms with Gasteiger partial charge in [0, 0.05) is 5.92 Å². The van der Waals surface area contributed by atoms with Crippen molar-refractivity contribution in [3.8, 4) is 11.5 Å². The van der Waals surface area contributed by atoms with Gasteiger partial charge in [0.25, 0.3) is 0 Å². The average Bonchev–Trinajstić information content (AvgIpc) is 2.93. The zero-order chi connectivity index (χ0) is 11.8. The number of hydrogen-bond donors (Lipinski definition) is 1. The van der Waals surface area contributed by atoms with E-state index in [4.69, 9.17) is 14.2 Å². The van der Waals surface area contributed by atoms with Crippen molar-refractivity contribution in [2.24, 2.45) is 5.92 Å². The van der Waals surface area contributed by atoms with Crippen LogP contribution >= 0.6 is 0 Å². The highest BCUT2D eigenvalue weighted by Gasteiger charge is 2.33. The fourth-order valence-electron chi connectivity index (χ4n) is 2.28. The van der Waals surface area contributed by atoms with Crippen molar-refractivity contribution in [3.05, 3.63) is 35.9 Å². The van der Waals surface area contributed by atoms with Crippen molar-refractivity contribution >= 4 is 0 Å². The SMILES string of the molecule is C=C1CO[C@H](c2ccc3c(c2)OCO3)[C@H]1CO. The number of fused-ring (bicyclic) bond motifs is 1. The molecule has 2 heterocycles. The summed E-state index contributed by atoms with van der Waals surface area (Å²) < 4.78 is 16.3. The summed E-state index contributed by atoms with van der Waals surface area (Å²) in [7, 11) is 0. The molecule has 0 spiro atoms. The first-order valence-electron chi connectivity index (χ1n) is 5.59. The Kier molecular flexibility index (Phi) is 2.53. The number of ether oxygens (including phenoxy) is 3. The zero-order valence-electron chi connectivity index (χ0n) is 9.39. The van der Waals surface area contributed by atoms with Crippen LogP contribution in [-0.2, 0) is 4.74 Å². The summed E-state index contributed by atoms with van der Waals surface area (Å²) in [4.78, 5) is 0. The maximum Gasteiger partial charge on any atom is 0.231 e. The summed E-state index contributed by atoms with van der Waals surface area (Å²) in [6.07, 6.45) is -0.137. The molecule has 17 heavy (non-hydrogen) atoms. The van der Waals surface area contributed by atoms with Crippen molar-refractivity contribution in [1.29, 1.82) is 0 Å². The molecule has 1 fully saturated rings. The first-order valence-corrected chi connectivity index (χ1v) is 5.59. The lowest BCUT2D eigenvalue weighted by Crippen LogP contribution is -2.12. The summed E-state index contributed by atoms with van der Waals surface area (Å²) in [6.45, 7) is 4.74. The highest BCUT2D eigenvalue weighted by Crippen LogP contribution is 2.41. The van der Waals surface area contributed by atoms with Gasteiger partial charge in [-0.05, 0) is 23.3 Å². The van der Waals surface area contributed by atoms with Gasteiger partial charge < -0.3 is 19.3 Å². The molecule has 0 aromatic heterocycles. The first-order chi connectivity index (χ1) is 8.29. The van der Waals surface area contributed by atoms with Crippen LogP contribution in [0.25, 0.3) is 0 Å². The highest BCUT2D eigenvalue weighted by atomic mass is 16.7. The van der Waals surface area contributed by atoms with Crippen molar-refractivity contribution in [1.82, 2.24) is 0 Å². The highest BCUT2D eigenvalue weighted by molar-refractivity contribution is 5.45. The molecule has 1 aromatic rings. The second-order valence-corrected chi connectivity index (χ2v) is 4.29. The Labute approximate surface area is 99.4 Å². The van der Waals surface area contributed by atoms with E-state index in [1.54, 1.807) is 0 Å². The Morgan fingerprint density at radius 2 is 2.12 bits per heavy atom. The lowest BCUT2D eigenvalue weighted by atomic mass is 9.93. The van der Waals surface area contributed by atoms with Gasteiger partial charge in [0.15, 0.2) is 11.5 Å². The molecule has 0 saturated carbocycles. The summed E-state index contributed by atoms with van der Waals surface area (Å²) >= 11 is 0. The number of benzene rings is 1. The largest absolute Gasteiger partial charge is 0.454 e. The molecule has 0 aliphatic carbocycles. The first kappa shape index (κ1) is 10.6. The minimum atomic E-state index is -0.137. The van der Waals surface area contributed by atoms with E-state index in [9.17, 15) is 5.11 Å². The van der Waals surface area contributed by atoms with Gasteiger partial charge in [0.1, 0.15) is 0 Å². The van der Waals surface area contributed by atoms with Crippen molar-refractivity contribution in [2.45, 2.75) is 6.10 Å². The molecule has 2 aliphatic heterocycles. The third kappa shape index (κ3) is 1.69. The maximum atomic E-state index is 9.36. The van der Waals surface area contributed by atoms with Crippen LogP contribution in [0.4, 0.5) is 0 Å². The second-order valence-electron chi connectivity index (χ2n) is 4.29. The summed E-state index contributed by atoms with van der Waals surface area (Å²) in [5.41, 5.74) is 1.93. The molecule has 2 atom stereocenters. The molecular formula is C13H14O4. The number of aliphatic hydroxyl groups is 1. The van der Waals surface area contributed by atoms with E-state index in [0.717, 1.165) is 22.6 Å². The molecule has 4 nitrogen and oxygen atoms in total. The molecule has 0 bridgehead atoms. The second kappa shape index (κ2) is 4.05. The fraction of sp³-hybridized carbons (Fsp3) is 0.385. The summed E-state index contributed by atoms with van der Waals surface area (Å²) in [5, 5.41) is 9.36. The topological polar surface area (TPSA) is 47.9 Å². The van der Waals surface area contributed by atoms with Crippen LogP contribution in [0.2, 0.25) is 0 Å². The van der Waals surface area contributed by atoms with Crippen LogP contribution < -0.4 is 9.47 Å². The smallest absolute Gasteiger partial charge is 0.231 e. The Bertz CT molecular complexity index is 455. The van der Waals surface area contributed by atoms with Crippen LogP contribution in [0, 0.1) is 5.92 Å². The van der Waals surface area contributed by atoms with Gasteiger partial charge >= 0.3 is 0 Å². The minimum absolute atomic E-state index is 0.0321. The van der Waals surface area contributed by atoms with E-state index in [-0.39, 0.29) is 25.4 Å². The molecular weight excluding hydrogens is 220 g/mol. The minimum Gasteiger partial charge on any atom is -0.454 e. The van der Waals surface area contributed by atoms with Crippen LogP contribution in [0.1, 0.15) is 11.7 Å². The molecule has 4 heteroatoms. The molecule has 1 N–H and O–H groups in total. The van der Waals surface area contributed by atoms with Gasteiger partial charge in [-0.25, -0.2) is 0 Å². The molecule has 1 saturated heterocycles. The van der Waals surface area contributed by atoms with E-state index in [1.165, 1.54) is 0 Å². The van der Waals surface area contributed by atoms with Crippen LogP contribution in [-0.4, -0.2) is 25.1 Å². The van der Waals surface area contributed by atoms with Crippen LogP contribution in [0.5, 0.6) is 11.5 Å². The van der Waals surface area contributed by atoms with Gasteiger partial charge in [-0.15, -0.1) is 0 Å². The normalized spacial score (nSPS) is 26.5. The quantitative estimate of drug-likeness (QED) is 0.790. The van der Waals surface area contributed by atoms with Gasteiger partial charge in [-0.2, -0.15) is 0 Å². The molecule has 3 rings (SSSR count). The standard InChI is InChI=1S/C13H14O4/c1-8-6-15-13(10(8)5-14)9-2-3-11-12(4-9)17-7-16-11/h2-4,10,13-14H,1,5-7H2/t10-,13+/m0/s1. The lowest BCUT2D eigenvalue weighted by molar-refractivity contribution is 0.0720. The summed E-state index contributed by atoms with van der Waals surface area (Å²) in [6, 6.07) is 5.73. The monoisotopic (exact) mass is 234 g/mol. The predicted molar refractivity (Wildman–Crippen MR) is 61.0 cm³/mol. The van der Waals surface area contributed by atoms with Crippen molar-refractivity contribution < 1.29 is 19.3 Å². The fourth-order valence-corrected chi connectivity index (χ4v) is 2.28. The van der Waals surface area contributed by atoms with Gasteiger partial charge in [-0.3, -0.25) is 0 Å². The zero-order valence-corrected chi connectivity index (χ0v) is 9.39. The maximum absolute atomic E-state index is 9.36. The lowest BCUT2D eigenvalue weighted by Gasteiger charge is -2.17. The number of rotatable bonds is 2. The molecule has 0 unspecified atom stereocenters. The van der Waals surface area contributed by atoms with Crippen LogP contribution in [0.15, 0.2) is 30.4 Å².